The fourth-order valence-corrected chi connectivity index (χ4v) is 3.31. The van der Waals surface area contributed by atoms with Crippen molar-refractivity contribution in [2.75, 3.05) is 46.2 Å². The maximum Gasteiger partial charge on any atom is 0.222 e. The average molecular weight is 486 g/mol. The highest BCUT2D eigenvalue weighted by Gasteiger charge is 2.26. The summed E-state index contributed by atoms with van der Waals surface area (Å²) in [6.45, 7) is 11.2. The highest BCUT2D eigenvalue weighted by atomic mass is 16.5. The Morgan fingerprint density at radius 3 is 1.59 bits per heavy atom. The highest BCUT2D eigenvalue weighted by molar-refractivity contribution is 5.78. The Hall–Kier alpha value is -1.31. The number of rotatable bonds is 25. The summed E-state index contributed by atoms with van der Waals surface area (Å²) in [7, 11) is 0. The molecule has 7 heteroatoms. The maximum atomic E-state index is 12.0. The molecule has 0 saturated carbocycles. The molecule has 1 atom stereocenters. The van der Waals surface area contributed by atoms with E-state index in [1.165, 1.54) is 0 Å². The first-order valence-electron chi connectivity index (χ1n) is 13.4. The van der Waals surface area contributed by atoms with Crippen LogP contribution in [-0.4, -0.2) is 63.7 Å². The van der Waals surface area contributed by atoms with Gasteiger partial charge < -0.3 is 19.5 Å². The number of unbranched alkanes of at least 4 members (excludes halogenated alkanes) is 4. The minimum absolute atomic E-state index is 0.00479. The minimum Gasteiger partial charge on any atom is -0.380 e. The number of hydrogen-bond donors (Lipinski definition) is 1. The average Bonchev–Trinajstić information content (AvgIpc) is 2.81. The maximum absolute atomic E-state index is 12.0. The molecule has 1 unspecified atom stereocenters. The second-order valence-corrected chi connectivity index (χ2v) is 9.56. The monoisotopic (exact) mass is 485 g/mol. The minimum atomic E-state index is -0.420. The third-order valence-electron chi connectivity index (χ3n) is 5.60. The number of amides is 1. The number of nitrogens with one attached hydrogen (secondary N) is 1. The molecule has 0 radical (unpaired) electrons. The van der Waals surface area contributed by atoms with Gasteiger partial charge in [-0.3, -0.25) is 14.4 Å². The van der Waals surface area contributed by atoms with Crippen molar-refractivity contribution < 1.29 is 28.6 Å². The molecule has 0 bridgehead atoms. The molecule has 0 aromatic rings. The number of ketones is 2. The van der Waals surface area contributed by atoms with Crippen LogP contribution in [0.15, 0.2) is 0 Å². The standard InChI is InChI=1S/C27H51NO6/c1-5-8-11-13-25(30)15-19-33-22-27(4,21-32-18-14-24(29)12-9-6-2)23-34-20-16-26(31)28-17-10-7-3/h5-23H2,1-4H3,(H,28,31). The summed E-state index contributed by atoms with van der Waals surface area (Å²) in [4.78, 5) is 35.7. The second kappa shape index (κ2) is 22.2. The van der Waals surface area contributed by atoms with Gasteiger partial charge in [0.05, 0.1) is 39.6 Å². The lowest BCUT2D eigenvalue weighted by molar-refractivity contribution is -0.123. The molecular weight excluding hydrogens is 434 g/mol. The molecule has 0 aliphatic carbocycles. The first kappa shape index (κ1) is 32.7. The van der Waals surface area contributed by atoms with E-state index in [4.69, 9.17) is 14.2 Å². The molecule has 1 N–H and O–H groups in total. The summed E-state index contributed by atoms with van der Waals surface area (Å²) in [5.74, 6) is 0.462. The quantitative estimate of drug-likeness (QED) is 0.182. The molecule has 34 heavy (non-hydrogen) atoms. The Labute approximate surface area is 208 Å². The number of hydrogen-bond acceptors (Lipinski definition) is 6. The van der Waals surface area contributed by atoms with Gasteiger partial charge in [-0.2, -0.15) is 0 Å². The van der Waals surface area contributed by atoms with E-state index < -0.39 is 5.41 Å². The van der Waals surface area contributed by atoms with Crippen molar-refractivity contribution in [2.24, 2.45) is 5.41 Å². The third kappa shape index (κ3) is 20.1. The predicted molar refractivity (Wildman–Crippen MR) is 136 cm³/mol. The highest BCUT2D eigenvalue weighted by Crippen LogP contribution is 2.19. The zero-order valence-corrected chi connectivity index (χ0v) is 22.4. The van der Waals surface area contributed by atoms with Crippen LogP contribution in [0.2, 0.25) is 0 Å². The van der Waals surface area contributed by atoms with Crippen molar-refractivity contribution in [3.05, 3.63) is 0 Å². The molecule has 200 valence electrons. The lowest BCUT2D eigenvalue weighted by atomic mass is 9.94. The molecule has 1 amide bonds. The van der Waals surface area contributed by atoms with E-state index in [0.29, 0.717) is 78.3 Å². The number of carbonyl (C=O) groups excluding carboxylic acids is 3. The summed E-state index contributed by atoms with van der Waals surface area (Å²) in [6.07, 6.45) is 9.46. The van der Waals surface area contributed by atoms with Gasteiger partial charge in [0.15, 0.2) is 0 Å². The van der Waals surface area contributed by atoms with Crippen LogP contribution in [0.5, 0.6) is 0 Å². The first-order chi connectivity index (χ1) is 16.4. The van der Waals surface area contributed by atoms with Crippen LogP contribution < -0.4 is 5.32 Å². The van der Waals surface area contributed by atoms with Gasteiger partial charge in [-0.25, -0.2) is 0 Å². The SMILES string of the molecule is CCCCCC(=O)CCOCC(C)(COCCC(=O)CCCC)COCCC(=O)NCCCC. The first-order valence-corrected chi connectivity index (χ1v) is 13.4. The van der Waals surface area contributed by atoms with E-state index in [0.717, 1.165) is 44.9 Å². The van der Waals surface area contributed by atoms with Crippen molar-refractivity contribution in [1.29, 1.82) is 0 Å². The molecule has 0 fully saturated rings. The molecule has 0 saturated heterocycles. The molecular formula is C27H51NO6. The van der Waals surface area contributed by atoms with Crippen molar-refractivity contribution in [3.63, 3.8) is 0 Å². The zero-order valence-electron chi connectivity index (χ0n) is 22.4. The van der Waals surface area contributed by atoms with Gasteiger partial charge in [-0.15, -0.1) is 0 Å². The van der Waals surface area contributed by atoms with Crippen LogP contribution in [0.1, 0.15) is 105 Å². The molecule has 0 aliphatic heterocycles. The van der Waals surface area contributed by atoms with Gasteiger partial charge in [0.1, 0.15) is 11.6 Å². The van der Waals surface area contributed by atoms with Crippen LogP contribution in [0.3, 0.4) is 0 Å². The summed E-state index contributed by atoms with van der Waals surface area (Å²) in [6, 6.07) is 0. The largest absolute Gasteiger partial charge is 0.380 e. The molecule has 0 spiro atoms. The Morgan fingerprint density at radius 2 is 1.09 bits per heavy atom. The van der Waals surface area contributed by atoms with Crippen LogP contribution in [0.4, 0.5) is 0 Å². The summed E-state index contributed by atoms with van der Waals surface area (Å²) in [5, 5.41) is 2.89. The van der Waals surface area contributed by atoms with Gasteiger partial charge in [0, 0.05) is 44.1 Å². The number of ether oxygens (including phenoxy) is 3. The van der Waals surface area contributed by atoms with Crippen LogP contribution in [-0.2, 0) is 28.6 Å². The Bertz CT molecular complexity index is 507. The third-order valence-corrected chi connectivity index (χ3v) is 5.60. The fourth-order valence-electron chi connectivity index (χ4n) is 3.31. The Kier molecular flexibility index (Phi) is 21.3. The van der Waals surface area contributed by atoms with Gasteiger partial charge in [-0.1, -0.05) is 53.4 Å². The van der Waals surface area contributed by atoms with E-state index in [-0.39, 0.29) is 17.5 Å². The van der Waals surface area contributed by atoms with Crippen molar-refractivity contribution in [1.82, 2.24) is 5.32 Å². The van der Waals surface area contributed by atoms with Crippen LogP contribution in [0.25, 0.3) is 0 Å². The lowest BCUT2D eigenvalue weighted by Crippen LogP contribution is -2.35. The summed E-state index contributed by atoms with van der Waals surface area (Å²) < 4.78 is 17.4. The normalized spacial score (nSPS) is 12.9. The van der Waals surface area contributed by atoms with E-state index in [1.807, 2.05) is 6.92 Å². The number of Topliss-reactive ketones (excluding diaryl/α,β-unsaturated/α-hetero) is 2. The summed E-state index contributed by atoms with van der Waals surface area (Å²) >= 11 is 0. The van der Waals surface area contributed by atoms with Gasteiger partial charge in [0.25, 0.3) is 0 Å². The smallest absolute Gasteiger partial charge is 0.222 e. The molecule has 0 aromatic carbocycles. The molecule has 0 aliphatic rings. The van der Waals surface area contributed by atoms with Crippen molar-refractivity contribution in [3.8, 4) is 0 Å². The molecule has 0 rings (SSSR count). The van der Waals surface area contributed by atoms with Gasteiger partial charge >= 0.3 is 0 Å². The van der Waals surface area contributed by atoms with E-state index in [1.54, 1.807) is 0 Å². The van der Waals surface area contributed by atoms with Crippen molar-refractivity contribution in [2.45, 2.75) is 105 Å². The Balaban J connectivity index is 4.41. The Morgan fingerprint density at radius 1 is 0.618 bits per heavy atom. The van der Waals surface area contributed by atoms with Crippen molar-refractivity contribution >= 4 is 17.5 Å². The van der Waals surface area contributed by atoms with E-state index >= 15 is 0 Å². The summed E-state index contributed by atoms with van der Waals surface area (Å²) in [5.41, 5.74) is -0.420. The molecule has 7 nitrogen and oxygen atoms in total. The fraction of sp³-hybridized carbons (Fsp3) is 0.889. The van der Waals surface area contributed by atoms with Gasteiger partial charge in [0.2, 0.25) is 5.91 Å². The van der Waals surface area contributed by atoms with E-state index in [2.05, 4.69) is 26.1 Å². The lowest BCUT2D eigenvalue weighted by Gasteiger charge is -2.29. The van der Waals surface area contributed by atoms with Crippen LogP contribution >= 0.6 is 0 Å². The van der Waals surface area contributed by atoms with Crippen LogP contribution in [0, 0.1) is 5.41 Å². The topological polar surface area (TPSA) is 90.9 Å². The molecule has 0 aromatic heterocycles. The molecule has 0 heterocycles. The zero-order chi connectivity index (χ0) is 25.5. The van der Waals surface area contributed by atoms with Gasteiger partial charge in [-0.05, 0) is 19.3 Å². The number of carbonyl (C=O) groups is 3. The van der Waals surface area contributed by atoms with E-state index in [9.17, 15) is 14.4 Å². The predicted octanol–water partition coefficient (Wildman–Crippen LogP) is 5.04. The second-order valence-electron chi connectivity index (χ2n) is 9.56.